The molecule has 1 heterocycles. The van der Waals surface area contributed by atoms with Crippen LogP contribution in [0.5, 0.6) is 0 Å². The van der Waals surface area contributed by atoms with Crippen LogP contribution in [-0.2, 0) is 28.6 Å². The Morgan fingerprint density at radius 2 is 1.79 bits per heavy atom. The Kier molecular flexibility index (Phi) is 8.55. The van der Waals surface area contributed by atoms with Gasteiger partial charge in [-0.25, -0.2) is 19.2 Å². The third-order valence-corrected chi connectivity index (χ3v) is 2.35. The summed E-state index contributed by atoms with van der Waals surface area (Å²) in [5.41, 5.74) is -0.829. The van der Waals surface area contributed by atoms with Crippen molar-refractivity contribution >= 4 is 24.1 Å². The molecule has 1 fully saturated rings. The average Bonchev–Trinajstić information content (AvgIpc) is 2.74. The number of carboxylic acids is 2. The fourth-order valence-electron chi connectivity index (χ4n) is 1.32. The Morgan fingerprint density at radius 1 is 1.21 bits per heavy atom. The van der Waals surface area contributed by atoms with Crippen LogP contribution in [0.1, 0.15) is 20.3 Å². The molecular formula is C15H18O9. The number of carbonyl (C=O) groups excluding carboxylic acids is 2. The highest BCUT2D eigenvalue weighted by Gasteiger charge is 2.38. The van der Waals surface area contributed by atoms with Crippen LogP contribution in [0.3, 0.4) is 0 Å². The van der Waals surface area contributed by atoms with Crippen LogP contribution in [0.15, 0.2) is 36.6 Å². The van der Waals surface area contributed by atoms with Gasteiger partial charge < -0.3 is 24.4 Å². The van der Waals surface area contributed by atoms with Gasteiger partial charge in [-0.15, -0.1) is 0 Å². The largest absolute Gasteiger partial charge is 0.514 e. The predicted molar refractivity (Wildman–Crippen MR) is 79.9 cm³/mol. The maximum Gasteiger partial charge on any atom is 0.514 e. The first kappa shape index (κ1) is 20.9. The fourth-order valence-corrected chi connectivity index (χ4v) is 1.32. The first-order chi connectivity index (χ1) is 11.1. The molecular weight excluding hydrogens is 324 g/mol. The van der Waals surface area contributed by atoms with E-state index in [4.69, 9.17) is 24.4 Å². The fraction of sp³-hybridized carbons (Fsp3) is 0.333. The van der Waals surface area contributed by atoms with Crippen molar-refractivity contribution in [2.75, 3.05) is 6.61 Å². The summed E-state index contributed by atoms with van der Waals surface area (Å²) in [4.78, 5) is 41.3. The second kappa shape index (κ2) is 9.82. The number of rotatable bonds is 6. The third-order valence-electron chi connectivity index (χ3n) is 2.35. The maximum absolute atomic E-state index is 11.0. The van der Waals surface area contributed by atoms with Gasteiger partial charge in [-0.1, -0.05) is 6.58 Å². The number of ether oxygens (including phenoxy) is 3. The molecule has 0 atom stereocenters. The minimum Gasteiger partial charge on any atom is -0.478 e. The quantitative estimate of drug-likeness (QED) is 0.419. The summed E-state index contributed by atoms with van der Waals surface area (Å²) in [5, 5.41) is 15.9. The standard InChI is InChI=1S/C12H14O7.C3H4O2/c1-12(2)8(18-11(16)19-12)4-3-7-17-10(15)6-5-9(13)14;1-2-3(4)5/h4-6H,3,7H2,1-2H3,(H,13,14);2H,1H2,(H,4,5)/b6-5+,8-4?;. The van der Waals surface area contributed by atoms with Crippen LogP contribution >= 0.6 is 0 Å². The highest BCUT2D eigenvalue weighted by Crippen LogP contribution is 2.29. The first-order valence-corrected chi connectivity index (χ1v) is 6.63. The topological polar surface area (TPSA) is 136 Å². The molecule has 1 rings (SSSR count). The molecule has 0 aromatic carbocycles. The SMILES string of the molecule is C=CC(=O)O.CC1(C)OC(=O)OC1=CCCOC(=O)/C=C/C(=O)O. The Hall–Kier alpha value is -3.10. The van der Waals surface area contributed by atoms with Gasteiger partial charge in [0.25, 0.3) is 0 Å². The molecule has 0 spiro atoms. The van der Waals surface area contributed by atoms with Gasteiger partial charge in [0.05, 0.1) is 6.61 Å². The minimum absolute atomic E-state index is 0.0416. The van der Waals surface area contributed by atoms with Crippen LogP contribution in [0.25, 0.3) is 0 Å². The molecule has 24 heavy (non-hydrogen) atoms. The summed E-state index contributed by atoms with van der Waals surface area (Å²) in [6, 6.07) is 0. The van der Waals surface area contributed by atoms with E-state index in [2.05, 4.69) is 6.58 Å². The van der Waals surface area contributed by atoms with Gasteiger partial charge in [-0.3, -0.25) is 0 Å². The van der Waals surface area contributed by atoms with E-state index in [1.165, 1.54) is 0 Å². The van der Waals surface area contributed by atoms with E-state index >= 15 is 0 Å². The van der Waals surface area contributed by atoms with Crippen molar-refractivity contribution in [3.8, 4) is 0 Å². The van der Waals surface area contributed by atoms with Crippen molar-refractivity contribution in [1.82, 2.24) is 0 Å². The summed E-state index contributed by atoms with van der Waals surface area (Å²) < 4.78 is 14.5. The molecule has 0 amide bonds. The highest BCUT2D eigenvalue weighted by molar-refractivity contribution is 5.90. The van der Waals surface area contributed by atoms with E-state index < -0.39 is 29.7 Å². The molecule has 132 valence electrons. The van der Waals surface area contributed by atoms with Crippen LogP contribution in [-0.4, -0.2) is 46.5 Å². The maximum atomic E-state index is 11.0. The molecule has 2 N–H and O–H groups in total. The minimum atomic E-state index is -1.23. The molecule has 0 unspecified atom stereocenters. The Balaban J connectivity index is 0.000000922. The highest BCUT2D eigenvalue weighted by atomic mass is 16.8. The lowest BCUT2D eigenvalue weighted by molar-refractivity contribution is -0.138. The second-order valence-electron chi connectivity index (χ2n) is 4.70. The average molecular weight is 342 g/mol. The summed E-state index contributed by atoms with van der Waals surface area (Å²) >= 11 is 0. The normalized spacial score (nSPS) is 16.6. The molecule has 9 nitrogen and oxygen atoms in total. The summed E-state index contributed by atoms with van der Waals surface area (Å²) in [5.74, 6) is -2.60. The van der Waals surface area contributed by atoms with Gasteiger partial charge in [0.2, 0.25) is 0 Å². The van der Waals surface area contributed by atoms with Crippen LogP contribution < -0.4 is 0 Å². The van der Waals surface area contributed by atoms with Crippen molar-refractivity contribution < 1.29 is 43.6 Å². The van der Waals surface area contributed by atoms with Crippen molar-refractivity contribution in [2.24, 2.45) is 0 Å². The molecule has 1 aliphatic rings. The number of carbonyl (C=O) groups is 4. The lowest BCUT2D eigenvalue weighted by atomic mass is 10.1. The lowest BCUT2D eigenvalue weighted by Gasteiger charge is -2.13. The number of hydrogen-bond acceptors (Lipinski definition) is 7. The monoisotopic (exact) mass is 342 g/mol. The molecule has 1 aliphatic heterocycles. The first-order valence-electron chi connectivity index (χ1n) is 6.63. The number of carboxylic acid groups (broad SMARTS) is 2. The second-order valence-corrected chi connectivity index (χ2v) is 4.70. The molecule has 0 radical (unpaired) electrons. The molecule has 1 saturated heterocycles. The van der Waals surface area contributed by atoms with Crippen molar-refractivity contribution in [3.63, 3.8) is 0 Å². The number of aliphatic carboxylic acids is 2. The number of cyclic esters (lactones) is 2. The van der Waals surface area contributed by atoms with E-state index in [1.807, 2.05) is 0 Å². The van der Waals surface area contributed by atoms with E-state index in [1.54, 1.807) is 19.9 Å². The molecule has 0 aromatic heterocycles. The van der Waals surface area contributed by atoms with E-state index in [0.29, 0.717) is 18.3 Å². The summed E-state index contributed by atoms with van der Waals surface area (Å²) in [6.45, 7) is 6.35. The van der Waals surface area contributed by atoms with Gasteiger partial charge >= 0.3 is 24.1 Å². The molecule has 0 aromatic rings. The van der Waals surface area contributed by atoms with Gasteiger partial charge in [-0.2, -0.15) is 0 Å². The zero-order valence-corrected chi connectivity index (χ0v) is 13.2. The number of esters is 1. The molecule has 0 bridgehead atoms. The van der Waals surface area contributed by atoms with E-state index in [-0.39, 0.29) is 6.61 Å². The molecule has 9 heteroatoms. The Bertz CT molecular complexity index is 569. The Morgan fingerprint density at radius 3 is 2.21 bits per heavy atom. The molecule has 0 saturated carbocycles. The summed E-state index contributed by atoms with van der Waals surface area (Å²) in [6.07, 6.45) is 3.48. The van der Waals surface area contributed by atoms with Gasteiger partial charge in [0.1, 0.15) is 0 Å². The smallest absolute Gasteiger partial charge is 0.478 e. The number of hydrogen-bond donors (Lipinski definition) is 2. The van der Waals surface area contributed by atoms with Crippen molar-refractivity contribution in [3.05, 3.63) is 36.6 Å². The van der Waals surface area contributed by atoms with Crippen LogP contribution in [0.2, 0.25) is 0 Å². The van der Waals surface area contributed by atoms with Gasteiger partial charge in [0, 0.05) is 24.6 Å². The van der Waals surface area contributed by atoms with Crippen molar-refractivity contribution in [2.45, 2.75) is 25.9 Å². The van der Waals surface area contributed by atoms with Gasteiger partial charge in [-0.05, 0) is 19.9 Å². The zero-order valence-electron chi connectivity index (χ0n) is 13.2. The third kappa shape index (κ3) is 9.03. The van der Waals surface area contributed by atoms with Gasteiger partial charge in [0.15, 0.2) is 11.4 Å². The Labute approximate surface area is 137 Å². The van der Waals surface area contributed by atoms with E-state index in [9.17, 15) is 19.2 Å². The predicted octanol–water partition coefficient (Wildman–Crippen LogP) is 1.65. The summed E-state index contributed by atoms with van der Waals surface area (Å²) in [7, 11) is 0. The van der Waals surface area contributed by atoms with Crippen LogP contribution in [0.4, 0.5) is 4.79 Å². The van der Waals surface area contributed by atoms with Crippen LogP contribution in [0, 0.1) is 0 Å². The zero-order chi connectivity index (χ0) is 18.8. The molecule has 0 aliphatic carbocycles. The van der Waals surface area contributed by atoms with E-state index in [0.717, 1.165) is 12.2 Å². The lowest BCUT2D eigenvalue weighted by Crippen LogP contribution is -2.20. The van der Waals surface area contributed by atoms with Crippen molar-refractivity contribution in [1.29, 1.82) is 0 Å².